The van der Waals surface area contributed by atoms with E-state index in [1.165, 1.54) is 24.3 Å². The molecule has 0 saturated heterocycles. The van der Waals surface area contributed by atoms with E-state index in [1.807, 2.05) is 0 Å². The summed E-state index contributed by atoms with van der Waals surface area (Å²) in [7, 11) is -2.60. The fourth-order valence-corrected chi connectivity index (χ4v) is 1.93. The van der Waals surface area contributed by atoms with Gasteiger partial charge in [-0.2, -0.15) is 18.6 Å². The Hall–Kier alpha value is -2.25. The highest BCUT2D eigenvalue weighted by Crippen LogP contribution is 2.22. The summed E-state index contributed by atoms with van der Waals surface area (Å²) < 4.78 is 35.6. The minimum Gasteiger partial charge on any atom is -0.497 e. The highest BCUT2D eigenvalue weighted by Gasteiger charge is 2.07. The maximum Gasteiger partial charge on any atom is 0.294 e. The molecular formula is C13H12N2O4S. The van der Waals surface area contributed by atoms with Gasteiger partial charge in [-0.1, -0.05) is 0 Å². The van der Waals surface area contributed by atoms with Crippen LogP contribution in [-0.2, 0) is 10.1 Å². The number of nitrogens with zero attached hydrogens (tertiary/aromatic N) is 2. The molecule has 2 aromatic rings. The Balaban J connectivity index is 2.14. The first kappa shape index (κ1) is 14.2. The van der Waals surface area contributed by atoms with Crippen LogP contribution in [0.3, 0.4) is 0 Å². The van der Waals surface area contributed by atoms with E-state index in [-0.39, 0.29) is 4.90 Å². The Morgan fingerprint density at radius 3 is 1.75 bits per heavy atom. The third-order valence-corrected chi connectivity index (χ3v) is 3.36. The lowest BCUT2D eigenvalue weighted by molar-refractivity contribution is 0.415. The van der Waals surface area contributed by atoms with E-state index < -0.39 is 10.1 Å². The van der Waals surface area contributed by atoms with Crippen LogP contribution in [0.4, 0.5) is 11.4 Å². The summed E-state index contributed by atoms with van der Waals surface area (Å²) in [6, 6.07) is 12.4. The van der Waals surface area contributed by atoms with Crippen molar-refractivity contribution in [3.63, 3.8) is 0 Å². The van der Waals surface area contributed by atoms with Crippen LogP contribution < -0.4 is 4.74 Å². The summed E-state index contributed by atoms with van der Waals surface area (Å²) in [5.41, 5.74) is 1.12. The van der Waals surface area contributed by atoms with Crippen molar-refractivity contribution in [1.82, 2.24) is 0 Å². The lowest BCUT2D eigenvalue weighted by Gasteiger charge is -1.99. The summed E-state index contributed by atoms with van der Waals surface area (Å²) >= 11 is 0. The molecule has 0 spiro atoms. The molecule has 0 aliphatic carbocycles. The first-order chi connectivity index (χ1) is 9.49. The molecule has 104 valence electrons. The highest BCUT2D eigenvalue weighted by atomic mass is 32.2. The maximum absolute atomic E-state index is 10.9. The second kappa shape index (κ2) is 5.81. The number of hydrogen-bond donors (Lipinski definition) is 1. The van der Waals surface area contributed by atoms with Gasteiger partial charge in [0.1, 0.15) is 5.75 Å². The van der Waals surface area contributed by atoms with Crippen molar-refractivity contribution in [2.24, 2.45) is 10.2 Å². The summed E-state index contributed by atoms with van der Waals surface area (Å²) in [5.74, 6) is 0.724. The maximum atomic E-state index is 10.9. The zero-order chi connectivity index (χ0) is 14.6. The average molecular weight is 292 g/mol. The third kappa shape index (κ3) is 3.62. The Labute approximate surface area is 116 Å². The van der Waals surface area contributed by atoms with Gasteiger partial charge in [-0.05, 0) is 48.5 Å². The molecule has 0 aliphatic rings. The third-order valence-electron chi connectivity index (χ3n) is 2.49. The van der Waals surface area contributed by atoms with Gasteiger partial charge in [0.15, 0.2) is 0 Å². The van der Waals surface area contributed by atoms with Crippen LogP contribution in [0.25, 0.3) is 0 Å². The molecule has 0 unspecified atom stereocenters. The number of methoxy groups -OCH3 is 1. The van der Waals surface area contributed by atoms with Crippen LogP contribution in [0.2, 0.25) is 0 Å². The van der Waals surface area contributed by atoms with Gasteiger partial charge in [-0.25, -0.2) is 0 Å². The molecule has 0 amide bonds. The van der Waals surface area contributed by atoms with Crippen molar-refractivity contribution in [3.8, 4) is 5.75 Å². The van der Waals surface area contributed by atoms with Crippen LogP contribution in [0.15, 0.2) is 63.7 Å². The van der Waals surface area contributed by atoms with Crippen molar-refractivity contribution < 1.29 is 17.7 Å². The van der Waals surface area contributed by atoms with E-state index in [4.69, 9.17) is 9.29 Å². The fourth-order valence-electron chi connectivity index (χ4n) is 1.45. The molecule has 0 bridgehead atoms. The van der Waals surface area contributed by atoms with Gasteiger partial charge < -0.3 is 4.74 Å². The first-order valence-corrected chi connectivity index (χ1v) is 7.06. The summed E-state index contributed by atoms with van der Waals surface area (Å²) in [4.78, 5) is -0.180. The predicted molar refractivity (Wildman–Crippen MR) is 73.4 cm³/mol. The molecule has 0 aromatic heterocycles. The molecule has 7 heteroatoms. The van der Waals surface area contributed by atoms with Gasteiger partial charge in [-0.3, -0.25) is 4.55 Å². The molecule has 0 fully saturated rings. The van der Waals surface area contributed by atoms with Gasteiger partial charge in [0, 0.05) is 0 Å². The first-order valence-electron chi connectivity index (χ1n) is 5.62. The summed E-state index contributed by atoms with van der Waals surface area (Å²) in [6.07, 6.45) is 0. The molecule has 0 saturated carbocycles. The number of benzene rings is 2. The lowest BCUT2D eigenvalue weighted by atomic mass is 10.3. The SMILES string of the molecule is COc1ccc(/N=N/c2ccc(S(=O)(=O)O)cc2)cc1. The minimum absolute atomic E-state index is 0.180. The van der Waals surface area contributed by atoms with Gasteiger partial charge in [0.25, 0.3) is 10.1 Å². The van der Waals surface area contributed by atoms with Crippen molar-refractivity contribution in [2.75, 3.05) is 7.11 Å². The highest BCUT2D eigenvalue weighted by molar-refractivity contribution is 7.85. The number of hydrogen-bond acceptors (Lipinski definition) is 5. The Bertz CT molecular complexity index is 707. The Morgan fingerprint density at radius 1 is 0.900 bits per heavy atom. The number of ether oxygens (including phenoxy) is 1. The van der Waals surface area contributed by atoms with Crippen LogP contribution in [0.5, 0.6) is 5.75 Å². The quantitative estimate of drug-likeness (QED) is 0.691. The molecular weight excluding hydrogens is 280 g/mol. The fraction of sp³-hybridized carbons (Fsp3) is 0.0769. The second-order valence-corrected chi connectivity index (χ2v) is 5.29. The second-order valence-electron chi connectivity index (χ2n) is 3.87. The molecule has 2 rings (SSSR count). The van der Waals surface area contributed by atoms with E-state index in [0.717, 1.165) is 5.75 Å². The Morgan fingerprint density at radius 2 is 1.35 bits per heavy atom. The molecule has 1 N–H and O–H groups in total. The zero-order valence-corrected chi connectivity index (χ0v) is 11.4. The number of azo groups is 1. The molecule has 0 heterocycles. The molecule has 2 aromatic carbocycles. The molecule has 20 heavy (non-hydrogen) atoms. The molecule has 0 radical (unpaired) electrons. The van der Waals surface area contributed by atoms with Crippen molar-refractivity contribution in [2.45, 2.75) is 4.90 Å². The van der Waals surface area contributed by atoms with Crippen molar-refractivity contribution in [3.05, 3.63) is 48.5 Å². The van der Waals surface area contributed by atoms with Gasteiger partial charge in [0.05, 0.1) is 23.4 Å². The van der Waals surface area contributed by atoms with Gasteiger partial charge in [-0.15, -0.1) is 0 Å². The molecule has 0 aliphatic heterocycles. The van der Waals surface area contributed by atoms with Crippen LogP contribution in [0, 0.1) is 0 Å². The van der Waals surface area contributed by atoms with E-state index in [0.29, 0.717) is 11.4 Å². The minimum atomic E-state index is -4.18. The smallest absolute Gasteiger partial charge is 0.294 e. The monoisotopic (exact) mass is 292 g/mol. The standard InChI is InChI=1S/C13H12N2O4S/c1-19-12-6-2-10(3-7-12)14-15-11-4-8-13(9-5-11)20(16,17)18/h2-9H,1H3,(H,16,17,18)/b15-14+. The molecule has 0 atom stereocenters. The average Bonchev–Trinajstić information content (AvgIpc) is 2.45. The van der Waals surface area contributed by atoms with E-state index >= 15 is 0 Å². The predicted octanol–water partition coefficient (Wildman–Crippen LogP) is 3.36. The molecule has 6 nitrogen and oxygen atoms in total. The van der Waals surface area contributed by atoms with Gasteiger partial charge >= 0.3 is 0 Å². The Kier molecular flexibility index (Phi) is 4.11. The summed E-state index contributed by atoms with van der Waals surface area (Å²) in [5, 5.41) is 7.96. The van der Waals surface area contributed by atoms with Crippen molar-refractivity contribution in [1.29, 1.82) is 0 Å². The largest absolute Gasteiger partial charge is 0.497 e. The number of rotatable bonds is 4. The van der Waals surface area contributed by atoms with Crippen LogP contribution in [-0.4, -0.2) is 20.1 Å². The van der Waals surface area contributed by atoms with E-state index in [1.54, 1.807) is 31.4 Å². The lowest BCUT2D eigenvalue weighted by Crippen LogP contribution is -1.96. The summed E-state index contributed by atoms with van der Waals surface area (Å²) in [6.45, 7) is 0. The van der Waals surface area contributed by atoms with Crippen molar-refractivity contribution >= 4 is 21.5 Å². The normalized spacial score (nSPS) is 11.7. The van der Waals surface area contributed by atoms with E-state index in [9.17, 15) is 8.42 Å². The zero-order valence-electron chi connectivity index (χ0n) is 10.6. The van der Waals surface area contributed by atoms with Crippen LogP contribution >= 0.6 is 0 Å². The topological polar surface area (TPSA) is 88.3 Å². The van der Waals surface area contributed by atoms with Gasteiger partial charge in [0.2, 0.25) is 0 Å². The van der Waals surface area contributed by atoms with Crippen LogP contribution in [0.1, 0.15) is 0 Å². The van der Waals surface area contributed by atoms with E-state index in [2.05, 4.69) is 10.2 Å².